The first-order chi connectivity index (χ1) is 8.20. The Labute approximate surface area is 100 Å². The summed E-state index contributed by atoms with van der Waals surface area (Å²) in [6.07, 6.45) is 0.933. The van der Waals surface area contributed by atoms with Gasteiger partial charge in [-0.1, -0.05) is 0 Å². The molecule has 1 aliphatic rings. The number of nitrogens with one attached hydrogen (secondary N) is 2. The van der Waals surface area contributed by atoms with Gasteiger partial charge in [0.05, 0.1) is 13.2 Å². The van der Waals surface area contributed by atoms with Gasteiger partial charge < -0.3 is 20.1 Å². The molecule has 17 heavy (non-hydrogen) atoms. The number of hydrogen-bond acceptors (Lipinski definition) is 6. The lowest BCUT2D eigenvalue weighted by molar-refractivity contribution is -0.146. The predicted octanol–water partition coefficient (Wildman–Crippen LogP) is -0.0929. The highest BCUT2D eigenvalue weighted by atomic mass is 16.6. The van der Waals surface area contributed by atoms with Crippen LogP contribution in [0.2, 0.25) is 0 Å². The van der Waals surface area contributed by atoms with Gasteiger partial charge in [-0.05, 0) is 20.3 Å². The summed E-state index contributed by atoms with van der Waals surface area (Å²) in [6, 6.07) is 0. The molecule has 1 heterocycles. The molecule has 0 atom stereocenters. The van der Waals surface area contributed by atoms with Crippen LogP contribution in [0.15, 0.2) is 11.4 Å². The van der Waals surface area contributed by atoms with Crippen LogP contribution in [0, 0.1) is 0 Å². The van der Waals surface area contributed by atoms with Crippen molar-refractivity contribution in [1.82, 2.24) is 10.6 Å². The number of carbonyl (C=O) groups is 2. The van der Waals surface area contributed by atoms with E-state index < -0.39 is 11.9 Å². The van der Waals surface area contributed by atoms with Crippen molar-refractivity contribution in [3.8, 4) is 0 Å². The van der Waals surface area contributed by atoms with Crippen LogP contribution >= 0.6 is 0 Å². The lowest BCUT2D eigenvalue weighted by Gasteiger charge is -2.21. The first-order valence-electron chi connectivity index (χ1n) is 5.77. The van der Waals surface area contributed by atoms with E-state index in [1.807, 2.05) is 0 Å². The third-order valence-electron chi connectivity index (χ3n) is 2.17. The predicted molar refractivity (Wildman–Crippen MR) is 60.9 cm³/mol. The van der Waals surface area contributed by atoms with Crippen molar-refractivity contribution in [3.05, 3.63) is 11.4 Å². The molecule has 0 radical (unpaired) electrons. The first kappa shape index (κ1) is 13.3. The Morgan fingerprint density at radius 2 is 1.53 bits per heavy atom. The summed E-state index contributed by atoms with van der Waals surface area (Å²) >= 11 is 0. The number of carbonyl (C=O) groups excluding carboxylic acids is 2. The number of esters is 2. The molecule has 0 saturated carbocycles. The van der Waals surface area contributed by atoms with Gasteiger partial charge in [0, 0.05) is 13.1 Å². The molecule has 6 nitrogen and oxygen atoms in total. The van der Waals surface area contributed by atoms with Crippen molar-refractivity contribution in [3.63, 3.8) is 0 Å². The normalized spacial score (nSPS) is 14.4. The minimum Gasteiger partial charge on any atom is -0.462 e. The average molecular weight is 242 g/mol. The number of rotatable bonds is 4. The summed E-state index contributed by atoms with van der Waals surface area (Å²) in [5.41, 5.74) is -0.0894. The zero-order valence-corrected chi connectivity index (χ0v) is 10.2. The Kier molecular flexibility index (Phi) is 5.32. The van der Waals surface area contributed by atoms with Crippen molar-refractivity contribution in [2.75, 3.05) is 26.3 Å². The second-order valence-corrected chi connectivity index (χ2v) is 3.40. The van der Waals surface area contributed by atoms with Gasteiger partial charge in [-0.3, -0.25) is 0 Å². The molecule has 1 saturated heterocycles. The second-order valence-electron chi connectivity index (χ2n) is 3.40. The molecule has 2 N–H and O–H groups in total. The van der Waals surface area contributed by atoms with Crippen LogP contribution in [0.3, 0.4) is 0 Å². The third-order valence-corrected chi connectivity index (χ3v) is 2.17. The van der Waals surface area contributed by atoms with E-state index in [-0.39, 0.29) is 18.8 Å². The highest BCUT2D eigenvalue weighted by Crippen LogP contribution is 2.08. The van der Waals surface area contributed by atoms with Crippen LogP contribution < -0.4 is 10.6 Å². The van der Waals surface area contributed by atoms with Crippen molar-refractivity contribution in [2.24, 2.45) is 0 Å². The Morgan fingerprint density at radius 1 is 1.06 bits per heavy atom. The summed E-state index contributed by atoms with van der Waals surface area (Å²) in [6.45, 7) is 5.24. The second kappa shape index (κ2) is 6.78. The average Bonchev–Trinajstić information content (AvgIpc) is 2.31. The summed E-state index contributed by atoms with van der Waals surface area (Å²) in [4.78, 5) is 23.4. The van der Waals surface area contributed by atoms with Crippen LogP contribution in [0.1, 0.15) is 20.3 Å². The highest BCUT2D eigenvalue weighted by Gasteiger charge is 2.27. The standard InChI is InChI=1S/C11H18N2O4/c1-3-16-10(14)8(11(15)17-4-2)9-12-6-5-7-13-9/h12-13H,3-7H2,1-2H3. The van der Waals surface area contributed by atoms with Crippen molar-refractivity contribution < 1.29 is 19.1 Å². The molecule has 0 amide bonds. The van der Waals surface area contributed by atoms with Crippen LogP contribution in [0.5, 0.6) is 0 Å². The zero-order valence-electron chi connectivity index (χ0n) is 10.2. The van der Waals surface area contributed by atoms with E-state index in [9.17, 15) is 9.59 Å². The fraction of sp³-hybridized carbons (Fsp3) is 0.636. The highest BCUT2D eigenvalue weighted by molar-refractivity contribution is 6.14. The Balaban J connectivity index is 2.91. The van der Waals surface area contributed by atoms with Crippen molar-refractivity contribution in [2.45, 2.75) is 20.3 Å². The van der Waals surface area contributed by atoms with E-state index in [0.29, 0.717) is 18.9 Å². The molecule has 1 aliphatic heterocycles. The van der Waals surface area contributed by atoms with E-state index in [0.717, 1.165) is 6.42 Å². The van der Waals surface area contributed by atoms with Gasteiger partial charge in [0.25, 0.3) is 0 Å². The minimum absolute atomic E-state index is 0.0894. The molecule has 0 aromatic rings. The van der Waals surface area contributed by atoms with Gasteiger partial charge in [0.15, 0.2) is 5.57 Å². The van der Waals surface area contributed by atoms with Gasteiger partial charge in [0.1, 0.15) is 5.82 Å². The number of ether oxygens (including phenoxy) is 2. The van der Waals surface area contributed by atoms with Crippen LogP contribution in [0.4, 0.5) is 0 Å². The zero-order chi connectivity index (χ0) is 12.7. The molecule has 0 unspecified atom stereocenters. The van der Waals surface area contributed by atoms with E-state index in [1.54, 1.807) is 13.8 Å². The van der Waals surface area contributed by atoms with Crippen LogP contribution in [-0.2, 0) is 19.1 Å². The Bertz CT molecular complexity index is 297. The molecule has 0 bridgehead atoms. The minimum atomic E-state index is -0.664. The summed E-state index contributed by atoms with van der Waals surface area (Å²) in [5, 5.41) is 5.93. The van der Waals surface area contributed by atoms with Gasteiger partial charge in [-0.2, -0.15) is 0 Å². The molecule has 0 aliphatic carbocycles. The SMILES string of the molecule is CCOC(=O)C(C(=O)OCC)=C1NCCCN1. The molecule has 0 aromatic heterocycles. The lowest BCUT2D eigenvalue weighted by atomic mass is 10.2. The molecular formula is C11H18N2O4. The molecule has 96 valence electrons. The molecule has 1 fully saturated rings. The third kappa shape index (κ3) is 3.65. The van der Waals surface area contributed by atoms with Gasteiger partial charge >= 0.3 is 11.9 Å². The van der Waals surface area contributed by atoms with Gasteiger partial charge in [0.2, 0.25) is 0 Å². The maximum atomic E-state index is 11.7. The molecule has 6 heteroatoms. The largest absolute Gasteiger partial charge is 0.462 e. The fourth-order valence-electron chi connectivity index (χ4n) is 1.45. The van der Waals surface area contributed by atoms with E-state index in [2.05, 4.69) is 10.6 Å². The fourth-order valence-corrected chi connectivity index (χ4v) is 1.45. The molecule has 0 spiro atoms. The Morgan fingerprint density at radius 3 is 1.94 bits per heavy atom. The summed E-state index contributed by atoms with van der Waals surface area (Å²) in [5.74, 6) is -0.932. The van der Waals surface area contributed by atoms with Gasteiger partial charge in [-0.15, -0.1) is 0 Å². The Hall–Kier alpha value is -1.72. The summed E-state index contributed by atoms with van der Waals surface area (Å²) < 4.78 is 9.69. The lowest BCUT2D eigenvalue weighted by Crippen LogP contribution is -2.39. The van der Waals surface area contributed by atoms with Crippen LogP contribution in [0.25, 0.3) is 0 Å². The maximum Gasteiger partial charge on any atom is 0.349 e. The maximum absolute atomic E-state index is 11.7. The van der Waals surface area contributed by atoms with Crippen molar-refractivity contribution in [1.29, 1.82) is 0 Å². The van der Waals surface area contributed by atoms with E-state index in [1.165, 1.54) is 0 Å². The quantitative estimate of drug-likeness (QED) is 0.310. The van der Waals surface area contributed by atoms with Gasteiger partial charge in [-0.25, -0.2) is 9.59 Å². The monoisotopic (exact) mass is 242 g/mol. The first-order valence-corrected chi connectivity index (χ1v) is 5.77. The smallest absolute Gasteiger partial charge is 0.349 e. The van der Waals surface area contributed by atoms with Crippen LogP contribution in [-0.4, -0.2) is 38.2 Å². The molecular weight excluding hydrogens is 224 g/mol. The molecule has 0 aromatic carbocycles. The molecule has 1 rings (SSSR count). The topological polar surface area (TPSA) is 76.7 Å². The van der Waals surface area contributed by atoms with E-state index >= 15 is 0 Å². The summed E-state index contributed by atoms with van der Waals surface area (Å²) in [7, 11) is 0. The van der Waals surface area contributed by atoms with E-state index in [4.69, 9.17) is 9.47 Å². The number of hydrogen-bond donors (Lipinski definition) is 2. The van der Waals surface area contributed by atoms with Crippen molar-refractivity contribution >= 4 is 11.9 Å².